The maximum atomic E-state index is 10.8. The largest absolute Gasteiger partial charge is 0.494 e. The van der Waals surface area contributed by atoms with Gasteiger partial charge in [0.25, 0.3) is 5.69 Å². The monoisotopic (exact) mass is 380 g/mol. The van der Waals surface area contributed by atoms with Crippen molar-refractivity contribution in [3.63, 3.8) is 0 Å². The Hall–Kier alpha value is -3.22. The van der Waals surface area contributed by atoms with Crippen LogP contribution in [0.2, 0.25) is 0 Å². The molecule has 2 aromatic rings. The minimum atomic E-state index is -0.441. The molecule has 1 heterocycles. The molecule has 1 aliphatic heterocycles. The summed E-state index contributed by atoms with van der Waals surface area (Å²) in [6.45, 7) is 9.48. The van der Waals surface area contributed by atoms with E-state index in [4.69, 9.17) is 4.74 Å². The molecule has 0 spiro atoms. The summed E-state index contributed by atoms with van der Waals surface area (Å²) in [4.78, 5) is 12.7. The fraction of sp³-hybridized carbons (Fsp3) is 0.333. The number of fused-ring (bicyclic) bond motifs is 1. The van der Waals surface area contributed by atoms with Gasteiger partial charge in [-0.05, 0) is 51.5 Å². The topological polar surface area (TPSA) is 80.3 Å². The molecule has 28 heavy (non-hydrogen) atoms. The third-order valence-electron chi connectivity index (χ3n) is 4.93. The van der Waals surface area contributed by atoms with Crippen LogP contribution in [-0.2, 0) is 0 Å². The number of benzene rings is 2. The van der Waals surface area contributed by atoms with E-state index < -0.39 is 4.92 Å². The number of nitrogens with zero attached hydrogens (tertiary/aromatic N) is 4. The molecule has 0 saturated carbocycles. The zero-order chi connectivity index (χ0) is 20.5. The second-order valence-corrected chi connectivity index (χ2v) is 7.24. The van der Waals surface area contributed by atoms with E-state index in [2.05, 4.69) is 48.9 Å². The highest BCUT2D eigenvalue weighted by molar-refractivity contribution is 5.85. The van der Waals surface area contributed by atoms with Crippen LogP contribution in [0.4, 0.5) is 22.7 Å². The third kappa shape index (κ3) is 3.60. The maximum absolute atomic E-state index is 10.8. The zero-order valence-electron chi connectivity index (χ0n) is 16.8. The van der Waals surface area contributed by atoms with Gasteiger partial charge in [0.1, 0.15) is 11.4 Å². The van der Waals surface area contributed by atoms with Gasteiger partial charge in [-0.25, -0.2) is 0 Å². The van der Waals surface area contributed by atoms with Crippen molar-refractivity contribution in [1.29, 1.82) is 0 Å². The number of ether oxygens (including phenoxy) is 1. The molecule has 0 atom stereocenters. The van der Waals surface area contributed by atoms with Crippen molar-refractivity contribution < 1.29 is 9.66 Å². The Morgan fingerprint density at radius 2 is 1.86 bits per heavy atom. The lowest BCUT2D eigenvalue weighted by atomic mass is 9.88. The molecule has 1 aliphatic rings. The van der Waals surface area contributed by atoms with Gasteiger partial charge in [-0.1, -0.05) is 6.08 Å². The van der Waals surface area contributed by atoms with E-state index in [1.54, 1.807) is 19.2 Å². The van der Waals surface area contributed by atoms with Gasteiger partial charge in [0.2, 0.25) is 0 Å². The highest BCUT2D eigenvalue weighted by atomic mass is 16.6. The van der Waals surface area contributed by atoms with E-state index in [0.717, 1.165) is 17.8 Å². The predicted molar refractivity (Wildman–Crippen MR) is 111 cm³/mol. The summed E-state index contributed by atoms with van der Waals surface area (Å²) < 4.78 is 5.56. The van der Waals surface area contributed by atoms with Crippen molar-refractivity contribution in [2.24, 2.45) is 10.2 Å². The first-order chi connectivity index (χ1) is 13.3. The number of hydrogen-bond acceptors (Lipinski definition) is 6. The lowest BCUT2D eigenvalue weighted by molar-refractivity contribution is -0.384. The van der Waals surface area contributed by atoms with Gasteiger partial charge >= 0.3 is 0 Å². The van der Waals surface area contributed by atoms with E-state index in [0.29, 0.717) is 17.1 Å². The Bertz CT molecular complexity index is 962. The van der Waals surface area contributed by atoms with Crippen LogP contribution in [0.1, 0.15) is 33.3 Å². The minimum absolute atomic E-state index is 0.0216. The van der Waals surface area contributed by atoms with Crippen molar-refractivity contribution >= 4 is 28.3 Å². The smallest absolute Gasteiger partial charge is 0.269 e. The number of nitro benzene ring substituents is 1. The molecular weight excluding hydrogens is 356 g/mol. The van der Waals surface area contributed by atoms with Crippen molar-refractivity contribution in [2.45, 2.75) is 33.2 Å². The number of anilines is 1. The van der Waals surface area contributed by atoms with Crippen LogP contribution < -0.4 is 9.64 Å². The second kappa shape index (κ2) is 7.42. The van der Waals surface area contributed by atoms with Crippen LogP contribution in [0.3, 0.4) is 0 Å². The summed E-state index contributed by atoms with van der Waals surface area (Å²) in [6.07, 6.45) is 2.25. The number of allylic oxidation sites excluding steroid dienone is 1. The number of methoxy groups -OCH3 is 1. The first-order valence-corrected chi connectivity index (χ1v) is 9.12. The number of hydrogen-bond donors (Lipinski definition) is 0. The Kier molecular flexibility index (Phi) is 5.18. The van der Waals surface area contributed by atoms with E-state index >= 15 is 0 Å². The summed E-state index contributed by atoms with van der Waals surface area (Å²) in [6, 6.07) is 9.94. The summed E-state index contributed by atoms with van der Waals surface area (Å²) in [5.41, 5.74) is 4.47. The first kappa shape index (κ1) is 19.5. The van der Waals surface area contributed by atoms with Gasteiger partial charge in [0.15, 0.2) is 0 Å². The fourth-order valence-corrected chi connectivity index (χ4v) is 3.66. The second-order valence-electron chi connectivity index (χ2n) is 7.24. The normalized spacial score (nSPS) is 15.3. The summed E-state index contributed by atoms with van der Waals surface area (Å²) in [5.74, 6) is 0.633. The number of non-ortho nitro benzene ring substituents is 1. The zero-order valence-corrected chi connectivity index (χ0v) is 16.8. The average molecular weight is 380 g/mol. The molecule has 7 nitrogen and oxygen atoms in total. The quantitative estimate of drug-likeness (QED) is 0.360. The average Bonchev–Trinajstić information content (AvgIpc) is 2.65. The molecule has 0 N–H and O–H groups in total. The summed E-state index contributed by atoms with van der Waals surface area (Å²) in [5, 5.41) is 19.3. The maximum Gasteiger partial charge on any atom is 0.269 e. The molecule has 0 saturated heterocycles. The van der Waals surface area contributed by atoms with Gasteiger partial charge in [-0.15, -0.1) is 5.11 Å². The Balaban J connectivity index is 2.01. The summed E-state index contributed by atoms with van der Waals surface area (Å²) in [7, 11) is 1.61. The molecule has 0 amide bonds. The van der Waals surface area contributed by atoms with Gasteiger partial charge in [0.05, 0.1) is 23.3 Å². The fourth-order valence-electron chi connectivity index (χ4n) is 3.66. The number of azo groups is 1. The molecule has 0 fully saturated rings. The van der Waals surface area contributed by atoms with Gasteiger partial charge in [0, 0.05) is 36.0 Å². The molecule has 0 unspecified atom stereocenters. The van der Waals surface area contributed by atoms with Crippen molar-refractivity contribution in [3.8, 4) is 5.75 Å². The molecule has 3 rings (SSSR count). The predicted octanol–water partition coefficient (Wildman–Crippen LogP) is 6.04. The molecule has 0 radical (unpaired) electrons. The molecule has 2 aromatic carbocycles. The number of likely N-dealkylation sites (N-methyl/N-ethyl adjacent to an activating group) is 1. The van der Waals surface area contributed by atoms with E-state index in [1.807, 2.05) is 12.1 Å². The first-order valence-electron chi connectivity index (χ1n) is 9.12. The molecular formula is C21H24N4O3. The number of rotatable bonds is 5. The van der Waals surface area contributed by atoms with E-state index in [1.165, 1.54) is 17.7 Å². The van der Waals surface area contributed by atoms with Crippen molar-refractivity contribution in [3.05, 3.63) is 58.2 Å². The Morgan fingerprint density at radius 3 is 2.43 bits per heavy atom. The highest BCUT2D eigenvalue weighted by Gasteiger charge is 2.31. The van der Waals surface area contributed by atoms with Crippen LogP contribution in [0.25, 0.3) is 5.57 Å². The lowest BCUT2D eigenvalue weighted by Crippen LogP contribution is -2.44. The Labute approximate surface area is 164 Å². The van der Waals surface area contributed by atoms with Gasteiger partial charge < -0.3 is 9.64 Å². The van der Waals surface area contributed by atoms with Crippen molar-refractivity contribution in [2.75, 3.05) is 18.6 Å². The minimum Gasteiger partial charge on any atom is -0.494 e. The standard InChI is InChI=1S/C21H24N4O3/c1-6-24-19-12-20(28-5)18(11-17(19)14(2)13-21(24,3)4)23-22-15-7-9-16(10-8-15)25(26)27/h7-13H,6H2,1-5H3. The third-order valence-corrected chi connectivity index (χ3v) is 4.93. The van der Waals surface area contributed by atoms with Crippen molar-refractivity contribution in [1.82, 2.24) is 0 Å². The van der Waals surface area contributed by atoms with Crippen LogP contribution in [0.15, 0.2) is 52.7 Å². The molecule has 0 aliphatic carbocycles. The lowest BCUT2D eigenvalue weighted by Gasteiger charge is -2.43. The molecule has 7 heteroatoms. The molecule has 146 valence electrons. The molecule has 0 bridgehead atoms. The highest BCUT2D eigenvalue weighted by Crippen LogP contribution is 2.44. The van der Waals surface area contributed by atoms with Gasteiger partial charge in [-0.2, -0.15) is 5.11 Å². The van der Waals surface area contributed by atoms with Gasteiger partial charge in [-0.3, -0.25) is 10.1 Å². The SMILES string of the molecule is CCN1c2cc(OC)c(N=Nc3ccc([N+](=O)[O-])cc3)cc2C(C)=CC1(C)C. The van der Waals surface area contributed by atoms with E-state index in [9.17, 15) is 10.1 Å². The van der Waals surface area contributed by atoms with Crippen LogP contribution in [0, 0.1) is 10.1 Å². The number of nitro groups is 1. The molecule has 0 aromatic heterocycles. The summed E-state index contributed by atoms with van der Waals surface area (Å²) >= 11 is 0. The van der Waals surface area contributed by atoms with Crippen LogP contribution in [-0.4, -0.2) is 24.1 Å². The van der Waals surface area contributed by atoms with E-state index in [-0.39, 0.29) is 11.2 Å². The van der Waals surface area contributed by atoms with Crippen LogP contribution >= 0.6 is 0 Å². The van der Waals surface area contributed by atoms with Crippen LogP contribution in [0.5, 0.6) is 5.75 Å². The Morgan fingerprint density at radius 1 is 1.18 bits per heavy atom.